The van der Waals surface area contributed by atoms with Gasteiger partial charge in [0.1, 0.15) is 29.3 Å². The molecular weight excluding hydrogens is 428 g/mol. The van der Waals surface area contributed by atoms with Crippen LogP contribution in [0.4, 0.5) is 14.5 Å². The topological polar surface area (TPSA) is 73.2 Å². The molecule has 5 rings (SSSR count). The minimum absolute atomic E-state index is 0.0547. The summed E-state index contributed by atoms with van der Waals surface area (Å²) in [5.41, 5.74) is 1.89. The first-order chi connectivity index (χ1) is 15.9. The van der Waals surface area contributed by atoms with Gasteiger partial charge in [-0.05, 0) is 60.5 Å². The van der Waals surface area contributed by atoms with Gasteiger partial charge in [0, 0.05) is 12.1 Å². The normalized spacial score (nSPS) is 19.8. The van der Waals surface area contributed by atoms with Crippen LogP contribution in [0, 0.1) is 17.6 Å². The zero-order valence-corrected chi connectivity index (χ0v) is 17.4. The fraction of sp³-hybridized carbons (Fsp3) is 0.160. The standard InChI is InChI=1S/C25H19F2N3O3/c26-16-7-5-15(6-8-16)13-14-29-24(32)21-22(19-3-1-2-4-20(19)31)28-30(23(21)25(29)33)18-11-9-17(27)10-12-18/h1-12,21,23,31H,13-14H2. The Morgan fingerprint density at radius 3 is 2.15 bits per heavy atom. The second-order valence-corrected chi connectivity index (χ2v) is 7.95. The van der Waals surface area contributed by atoms with E-state index in [0.29, 0.717) is 17.7 Å². The first-order valence-electron chi connectivity index (χ1n) is 10.5. The maximum atomic E-state index is 13.5. The Kier molecular flexibility index (Phi) is 5.12. The Hall–Kier alpha value is -4.07. The number of rotatable bonds is 5. The van der Waals surface area contributed by atoms with E-state index in [2.05, 4.69) is 5.10 Å². The molecule has 166 valence electrons. The predicted octanol–water partition coefficient (Wildman–Crippen LogP) is 3.49. The van der Waals surface area contributed by atoms with Crippen LogP contribution >= 0.6 is 0 Å². The van der Waals surface area contributed by atoms with E-state index in [1.807, 2.05) is 0 Å². The fourth-order valence-electron chi connectivity index (χ4n) is 4.30. The predicted molar refractivity (Wildman–Crippen MR) is 118 cm³/mol. The molecule has 0 aromatic heterocycles. The van der Waals surface area contributed by atoms with Crippen molar-refractivity contribution in [3.05, 3.63) is 95.6 Å². The van der Waals surface area contributed by atoms with Crippen molar-refractivity contribution in [3.8, 4) is 5.75 Å². The number of carbonyl (C=O) groups excluding carboxylic acids is 2. The van der Waals surface area contributed by atoms with E-state index in [9.17, 15) is 23.5 Å². The fourth-order valence-corrected chi connectivity index (χ4v) is 4.30. The molecule has 0 spiro atoms. The van der Waals surface area contributed by atoms with Crippen molar-refractivity contribution in [2.24, 2.45) is 11.0 Å². The molecule has 3 aromatic rings. The molecule has 2 heterocycles. The molecule has 8 heteroatoms. The molecule has 3 aromatic carbocycles. The lowest BCUT2D eigenvalue weighted by Crippen LogP contribution is -2.39. The molecule has 1 fully saturated rings. The summed E-state index contributed by atoms with van der Waals surface area (Å²) in [6.07, 6.45) is 0.372. The molecule has 2 amide bonds. The number of fused-ring (bicyclic) bond motifs is 1. The number of para-hydroxylation sites is 1. The minimum atomic E-state index is -0.939. The largest absolute Gasteiger partial charge is 0.507 e. The smallest absolute Gasteiger partial charge is 0.255 e. The number of likely N-dealkylation sites (tertiary alicyclic amines) is 1. The first-order valence-corrected chi connectivity index (χ1v) is 10.5. The number of phenols is 1. The van der Waals surface area contributed by atoms with Gasteiger partial charge in [0.15, 0.2) is 0 Å². The van der Waals surface area contributed by atoms with Crippen LogP contribution in [0.3, 0.4) is 0 Å². The summed E-state index contributed by atoms with van der Waals surface area (Å²) in [5, 5.41) is 16.3. The van der Waals surface area contributed by atoms with E-state index in [4.69, 9.17) is 0 Å². The monoisotopic (exact) mass is 447 g/mol. The SMILES string of the molecule is O=C1C2C(c3ccccc3O)=NN(c3ccc(F)cc3)C2C(=O)N1CCc1ccc(F)cc1. The number of nitrogens with zero attached hydrogens (tertiary/aromatic N) is 3. The van der Waals surface area contributed by atoms with Gasteiger partial charge in [-0.15, -0.1) is 0 Å². The molecule has 2 atom stereocenters. The number of aromatic hydroxyl groups is 1. The quantitative estimate of drug-likeness (QED) is 0.608. The van der Waals surface area contributed by atoms with Crippen LogP contribution in [-0.4, -0.2) is 40.1 Å². The minimum Gasteiger partial charge on any atom is -0.507 e. The molecule has 2 aliphatic heterocycles. The number of benzene rings is 3. The van der Waals surface area contributed by atoms with E-state index < -0.39 is 29.6 Å². The summed E-state index contributed by atoms with van der Waals surface area (Å²) in [7, 11) is 0. The third-order valence-electron chi connectivity index (χ3n) is 5.95. The average molecular weight is 447 g/mol. The van der Waals surface area contributed by atoms with Crippen LogP contribution in [0.25, 0.3) is 0 Å². The second kappa shape index (κ2) is 8.12. The van der Waals surface area contributed by atoms with Gasteiger partial charge in [-0.1, -0.05) is 24.3 Å². The lowest BCUT2D eigenvalue weighted by molar-refractivity contribution is -0.139. The van der Waals surface area contributed by atoms with Gasteiger partial charge in [-0.25, -0.2) is 8.78 Å². The molecule has 1 N–H and O–H groups in total. The Bertz CT molecular complexity index is 1260. The third kappa shape index (κ3) is 3.63. The number of halogens is 2. The summed E-state index contributed by atoms with van der Waals surface area (Å²) in [5.74, 6) is -2.61. The zero-order chi connectivity index (χ0) is 23.1. The van der Waals surface area contributed by atoms with Crippen molar-refractivity contribution in [1.82, 2.24) is 4.90 Å². The number of amides is 2. The first kappa shape index (κ1) is 20.8. The van der Waals surface area contributed by atoms with Crippen molar-refractivity contribution >= 4 is 23.2 Å². The van der Waals surface area contributed by atoms with Crippen molar-refractivity contribution in [2.45, 2.75) is 12.5 Å². The number of carbonyl (C=O) groups is 2. The molecule has 2 unspecified atom stereocenters. The third-order valence-corrected chi connectivity index (χ3v) is 5.95. The van der Waals surface area contributed by atoms with E-state index >= 15 is 0 Å². The van der Waals surface area contributed by atoms with Crippen molar-refractivity contribution in [1.29, 1.82) is 0 Å². The van der Waals surface area contributed by atoms with Gasteiger partial charge < -0.3 is 5.11 Å². The molecule has 6 nitrogen and oxygen atoms in total. The number of hydrogen-bond donors (Lipinski definition) is 1. The number of anilines is 1. The van der Waals surface area contributed by atoms with Crippen LogP contribution in [0.5, 0.6) is 5.75 Å². The Balaban J connectivity index is 1.50. The number of phenolic OH excluding ortho intramolecular Hbond substituents is 1. The molecule has 2 aliphatic rings. The lowest BCUT2D eigenvalue weighted by Gasteiger charge is -2.22. The summed E-state index contributed by atoms with van der Waals surface area (Å²) >= 11 is 0. The highest BCUT2D eigenvalue weighted by molar-refractivity contribution is 6.26. The van der Waals surface area contributed by atoms with Gasteiger partial charge in [0.25, 0.3) is 5.91 Å². The zero-order valence-electron chi connectivity index (χ0n) is 17.4. The molecule has 33 heavy (non-hydrogen) atoms. The second-order valence-electron chi connectivity index (χ2n) is 7.95. The molecule has 0 bridgehead atoms. The Morgan fingerprint density at radius 2 is 1.48 bits per heavy atom. The summed E-state index contributed by atoms with van der Waals surface area (Å²) in [6, 6.07) is 16.9. The molecule has 0 radical (unpaired) electrons. The van der Waals surface area contributed by atoms with E-state index in [1.165, 1.54) is 52.4 Å². The number of hydrazone groups is 1. The molecular formula is C25H19F2N3O3. The van der Waals surface area contributed by atoms with E-state index in [-0.39, 0.29) is 23.8 Å². The summed E-state index contributed by atoms with van der Waals surface area (Å²) < 4.78 is 26.7. The number of hydrogen-bond acceptors (Lipinski definition) is 5. The van der Waals surface area contributed by atoms with Gasteiger partial charge in [-0.2, -0.15) is 5.10 Å². The molecule has 0 aliphatic carbocycles. The van der Waals surface area contributed by atoms with Gasteiger partial charge in [-0.3, -0.25) is 19.5 Å². The summed E-state index contributed by atoms with van der Waals surface area (Å²) in [4.78, 5) is 28.0. The van der Waals surface area contributed by atoms with Crippen LogP contribution in [0.1, 0.15) is 11.1 Å². The van der Waals surface area contributed by atoms with E-state index in [0.717, 1.165) is 5.56 Å². The maximum absolute atomic E-state index is 13.5. The Labute approximate surface area is 188 Å². The highest BCUT2D eigenvalue weighted by atomic mass is 19.1. The highest BCUT2D eigenvalue weighted by Gasteiger charge is 2.57. The van der Waals surface area contributed by atoms with Crippen LogP contribution in [-0.2, 0) is 16.0 Å². The van der Waals surface area contributed by atoms with Crippen molar-refractivity contribution < 1.29 is 23.5 Å². The molecule has 1 saturated heterocycles. The van der Waals surface area contributed by atoms with Crippen molar-refractivity contribution in [3.63, 3.8) is 0 Å². The van der Waals surface area contributed by atoms with Gasteiger partial charge >= 0.3 is 0 Å². The molecule has 0 saturated carbocycles. The van der Waals surface area contributed by atoms with Crippen LogP contribution in [0.15, 0.2) is 77.9 Å². The summed E-state index contributed by atoms with van der Waals surface area (Å²) in [6.45, 7) is 0.127. The maximum Gasteiger partial charge on any atom is 0.255 e. The van der Waals surface area contributed by atoms with Crippen LogP contribution < -0.4 is 5.01 Å². The Morgan fingerprint density at radius 1 is 0.848 bits per heavy atom. The number of imide groups is 1. The average Bonchev–Trinajstić information content (AvgIpc) is 3.31. The van der Waals surface area contributed by atoms with Gasteiger partial charge in [0.2, 0.25) is 5.91 Å². The van der Waals surface area contributed by atoms with Crippen molar-refractivity contribution in [2.75, 3.05) is 11.6 Å². The highest BCUT2D eigenvalue weighted by Crippen LogP contribution is 2.39. The van der Waals surface area contributed by atoms with Gasteiger partial charge in [0.05, 0.1) is 11.4 Å². The van der Waals surface area contributed by atoms with Crippen LogP contribution in [0.2, 0.25) is 0 Å². The lowest BCUT2D eigenvalue weighted by atomic mass is 9.92. The van der Waals surface area contributed by atoms with E-state index in [1.54, 1.807) is 30.3 Å².